The van der Waals surface area contributed by atoms with Gasteiger partial charge in [0.2, 0.25) is 5.91 Å². The molecular weight excluding hydrogens is 371 g/mol. The van der Waals surface area contributed by atoms with Crippen molar-refractivity contribution in [3.63, 3.8) is 0 Å². The van der Waals surface area contributed by atoms with Gasteiger partial charge in [0, 0.05) is 43.3 Å². The molecule has 160 valence electrons. The van der Waals surface area contributed by atoms with Crippen LogP contribution in [0.1, 0.15) is 46.0 Å². The number of anilines is 1. The van der Waals surface area contributed by atoms with Crippen molar-refractivity contribution in [3.05, 3.63) is 30.1 Å². The lowest BCUT2D eigenvalue weighted by Crippen LogP contribution is -2.47. The van der Waals surface area contributed by atoms with Crippen molar-refractivity contribution in [1.29, 1.82) is 0 Å². The number of carbonyl (C=O) groups excluding carboxylic acids is 2. The van der Waals surface area contributed by atoms with Crippen LogP contribution in [0.15, 0.2) is 24.3 Å². The van der Waals surface area contributed by atoms with E-state index in [2.05, 4.69) is 20.9 Å². The highest BCUT2D eigenvalue weighted by atomic mass is 19.1. The third kappa shape index (κ3) is 6.34. The predicted molar refractivity (Wildman–Crippen MR) is 112 cm³/mol. The number of urea groups is 1. The number of nitrogens with one attached hydrogen (secondary N) is 3. The lowest BCUT2D eigenvalue weighted by molar-refractivity contribution is -0.126. The third-order valence-electron chi connectivity index (χ3n) is 5.84. The Bertz CT molecular complexity index is 695. The van der Waals surface area contributed by atoms with E-state index in [1.807, 2.05) is 13.8 Å². The maximum Gasteiger partial charge on any atom is 0.315 e. The lowest BCUT2D eigenvalue weighted by Gasteiger charge is -2.29. The Morgan fingerprint density at radius 3 is 2.66 bits per heavy atom. The van der Waals surface area contributed by atoms with E-state index in [0.717, 1.165) is 44.5 Å². The highest BCUT2D eigenvalue weighted by molar-refractivity contribution is 5.79. The molecule has 1 aliphatic carbocycles. The molecule has 0 spiro atoms. The largest absolute Gasteiger partial charge is 0.371 e. The molecule has 7 heteroatoms. The van der Waals surface area contributed by atoms with Gasteiger partial charge in [0.1, 0.15) is 5.82 Å². The molecule has 29 heavy (non-hydrogen) atoms. The summed E-state index contributed by atoms with van der Waals surface area (Å²) in [5, 5.41) is 9.01. The molecule has 3 rings (SSSR count). The Morgan fingerprint density at radius 2 is 1.93 bits per heavy atom. The molecule has 0 radical (unpaired) electrons. The Morgan fingerprint density at radius 1 is 1.17 bits per heavy atom. The smallest absolute Gasteiger partial charge is 0.315 e. The molecule has 3 atom stereocenters. The topological polar surface area (TPSA) is 73.5 Å². The van der Waals surface area contributed by atoms with Crippen molar-refractivity contribution in [3.8, 4) is 0 Å². The first-order chi connectivity index (χ1) is 13.9. The third-order valence-corrected chi connectivity index (χ3v) is 5.84. The summed E-state index contributed by atoms with van der Waals surface area (Å²) in [5.74, 6) is 0.227. The first-order valence-corrected chi connectivity index (χ1v) is 10.8. The maximum absolute atomic E-state index is 13.1. The van der Waals surface area contributed by atoms with Crippen LogP contribution in [-0.2, 0) is 4.79 Å². The van der Waals surface area contributed by atoms with E-state index < -0.39 is 0 Å². The molecule has 1 heterocycles. The van der Waals surface area contributed by atoms with Crippen LogP contribution in [0.2, 0.25) is 0 Å². The van der Waals surface area contributed by atoms with Crippen molar-refractivity contribution in [1.82, 2.24) is 16.0 Å². The second kappa shape index (κ2) is 9.94. The molecule has 3 N–H and O–H groups in total. The number of benzene rings is 1. The monoisotopic (exact) mass is 404 g/mol. The van der Waals surface area contributed by atoms with E-state index in [9.17, 15) is 14.0 Å². The van der Waals surface area contributed by atoms with Gasteiger partial charge in [-0.1, -0.05) is 6.42 Å². The number of halogens is 1. The zero-order valence-corrected chi connectivity index (χ0v) is 17.4. The molecule has 3 amide bonds. The van der Waals surface area contributed by atoms with Crippen LogP contribution < -0.4 is 20.9 Å². The highest BCUT2D eigenvalue weighted by Gasteiger charge is 2.29. The minimum absolute atomic E-state index is 0.0180. The fraction of sp³-hybridized carbons (Fsp3) is 0.636. The molecule has 6 nitrogen and oxygen atoms in total. The van der Waals surface area contributed by atoms with Gasteiger partial charge >= 0.3 is 6.03 Å². The van der Waals surface area contributed by atoms with Gasteiger partial charge in [0.05, 0.1) is 0 Å². The van der Waals surface area contributed by atoms with Gasteiger partial charge in [0.15, 0.2) is 0 Å². The van der Waals surface area contributed by atoms with Crippen molar-refractivity contribution in [2.24, 2.45) is 11.8 Å². The van der Waals surface area contributed by atoms with E-state index in [1.54, 1.807) is 12.1 Å². The summed E-state index contributed by atoms with van der Waals surface area (Å²) in [7, 11) is 0. The summed E-state index contributed by atoms with van der Waals surface area (Å²) in [6.07, 6.45) is 4.46. The van der Waals surface area contributed by atoms with Crippen molar-refractivity contribution >= 4 is 17.6 Å². The van der Waals surface area contributed by atoms with Crippen LogP contribution in [0.3, 0.4) is 0 Å². The van der Waals surface area contributed by atoms with Crippen LogP contribution in [0.4, 0.5) is 14.9 Å². The number of hydrogen-bond donors (Lipinski definition) is 3. The lowest BCUT2D eigenvalue weighted by atomic mass is 9.85. The van der Waals surface area contributed by atoms with Crippen molar-refractivity contribution < 1.29 is 14.0 Å². The van der Waals surface area contributed by atoms with E-state index in [1.165, 1.54) is 12.1 Å². The van der Waals surface area contributed by atoms with Crippen LogP contribution in [0.5, 0.6) is 0 Å². The molecule has 1 aromatic carbocycles. The Kier molecular flexibility index (Phi) is 7.34. The van der Waals surface area contributed by atoms with Gasteiger partial charge in [-0.2, -0.15) is 0 Å². The number of rotatable bonds is 6. The number of hydrogen-bond acceptors (Lipinski definition) is 3. The van der Waals surface area contributed by atoms with Gasteiger partial charge in [-0.3, -0.25) is 4.79 Å². The summed E-state index contributed by atoms with van der Waals surface area (Å²) in [6, 6.07) is 6.59. The average molecular weight is 405 g/mol. The number of carbonyl (C=O) groups is 2. The standard InChI is InChI=1S/C22H33FN4O2/c1-15(2)25-21(28)17-4-3-5-19(12-17)26-22(29)24-13-16-10-11-27(14-16)20-8-6-18(23)7-9-20/h6-9,15-17,19H,3-5,10-14H2,1-2H3,(H,25,28)(H2,24,26,29). The highest BCUT2D eigenvalue weighted by Crippen LogP contribution is 2.25. The zero-order chi connectivity index (χ0) is 20.8. The zero-order valence-electron chi connectivity index (χ0n) is 17.4. The molecule has 1 aromatic rings. The molecular formula is C22H33FN4O2. The fourth-order valence-corrected chi connectivity index (χ4v) is 4.32. The van der Waals surface area contributed by atoms with E-state index in [-0.39, 0.29) is 35.8 Å². The average Bonchev–Trinajstić information content (AvgIpc) is 3.16. The summed E-state index contributed by atoms with van der Waals surface area (Å²) in [6.45, 7) is 6.31. The molecule has 1 aliphatic heterocycles. The second-order valence-corrected chi connectivity index (χ2v) is 8.66. The summed E-state index contributed by atoms with van der Waals surface area (Å²) in [5.41, 5.74) is 1.02. The molecule has 2 aliphatic rings. The maximum atomic E-state index is 13.1. The normalized spacial score (nSPS) is 24.4. The first-order valence-electron chi connectivity index (χ1n) is 10.8. The fourth-order valence-electron chi connectivity index (χ4n) is 4.32. The van der Waals surface area contributed by atoms with Crippen LogP contribution in [0, 0.1) is 17.7 Å². The quantitative estimate of drug-likeness (QED) is 0.682. The molecule has 1 saturated heterocycles. The predicted octanol–water partition coefficient (Wildman–Crippen LogP) is 3.03. The van der Waals surface area contributed by atoms with Crippen LogP contribution in [0.25, 0.3) is 0 Å². The molecule has 0 bridgehead atoms. The van der Waals surface area contributed by atoms with Gasteiger partial charge in [-0.15, -0.1) is 0 Å². The first kappa shape index (κ1) is 21.4. The Balaban J connectivity index is 1.38. The minimum Gasteiger partial charge on any atom is -0.371 e. The number of nitrogens with zero attached hydrogens (tertiary/aromatic N) is 1. The van der Waals surface area contributed by atoms with Gasteiger partial charge < -0.3 is 20.9 Å². The van der Waals surface area contributed by atoms with Crippen molar-refractivity contribution in [2.45, 2.75) is 58.0 Å². The van der Waals surface area contributed by atoms with E-state index >= 15 is 0 Å². The summed E-state index contributed by atoms with van der Waals surface area (Å²) >= 11 is 0. The Labute approximate surface area is 172 Å². The molecule has 3 unspecified atom stereocenters. The number of amides is 3. The minimum atomic E-state index is -0.227. The van der Waals surface area contributed by atoms with Crippen LogP contribution in [-0.4, -0.2) is 43.7 Å². The molecule has 2 fully saturated rings. The molecule has 1 saturated carbocycles. The van der Waals surface area contributed by atoms with E-state index in [4.69, 9.17) is 0 Å². The summed E-state index contributed by atoms with van der Waals surface area (Å²) in [4.78, 5) is 26.8. The van der Waals surface area contributed by atoms with Gasteiger partial charge in [-0.05, 0) is 69.7 Å². The van der Waals surface area contributed by atoms with Gasteiger partial charge in [0.25, 0.3) is 0 Å². The molecule has 0 aromatic heterocycles. The van der Waals surface area contributed by atoms with E-state index in [0.29, 0.717) is 18.9 Å². The summed E-state index contributed by atoms with van der Waals surface area (Å²) < 4.78 is 13.1. The van der Waals surface area contributed by atoms with Crippen LogP contribution >= 0.6 is 0 Å². The second-order valence-electron chi connectivity index (χ2n) is 8.66. The van der Waals surface area contributed by atoms with Crippen molar-refractivity contribution in [2.75, 3.05) is 24.5 Å². The Hall–Kier alpha value is -2.31. The SMILES string of the molecule is CC(C)NC(=O)C1CCCC(NC(=O)NCC2CCN(c3ccc(F)cc3)C2)C1. The van der Waals surface area contributed by atoms with Gasteiger partial charge in [-0.25, -0.2) is 9.18 Å².